The van der Waals surface area contributed by atoms with Gasteiger partial charge in [0.05, 0.1) is 18.2 Å². The van der Waals surface area contributed by atoms with Crippen LogP contribution < -0.4 is 10.5 Å². The summed E-state index contributed by atoms with van der Waals surface area (Å²) in [6.45, 7) is 2.29. The molecule has 0 spiro atoms. The van der Waals surface area contributed by atoms with Crippen molar-refractivity contribution in [2.45, 2.75) is 6.92 Å². The first-order chi connectivity index (χ1) is 8.08. The predicted octanol–water partition coefficient (Wildman–Crippen LogP) is 2.32. The second kappa shape index (κ2) is 6.30. The van der Waals surface area contributed by atoms with E-state index in [-0.39, 0.29) is 0 Å². The molecule has 0 aliphatic heterocycles. The van der Waals surface area contributed by atoms with E-state index in [2.05, 4.69) is 15.9 Å². The van der Waals surface area contributed by atoms with Crippen LogP contribution in [0.3, 0.4) is 0 Å². The minimum absolute atomic E-state index is 0.436. The van der Waals surface area contributed by atoms with Gasteiger partial charge in [0.15, 0.2) is 0 Å². The lowest BCUT2D eigenvalue weighted by Crippen LogP contribution is -2.08. The molecule has 5 heteroatoms. The van der Waals surface area contributed by atoms with Crippen LogP contribution in [-0.4, -0.2) is 19.6 Å². The van der Waals surface area contributed by atoms with Crippen molar-refractivity contribution in [3.05, 3.63) is 34.3 Å². The highest BCUT2D eigenvalue weighted by Crippen LogP contribution is 2.28. The highest BCUT2D eigenvalue weighted by atomic mass is 79.9. The van der Waals surface area contributed by atoms with Gasteiger partial charge in [-0.1, -0.05) is 0 Å². The van der Waals surface area contributed by atoms with Crippen LogP contribution in [0.2, 0.25) is 0 Å². The van der Waals surface area contributed by atoms with Gasteiger partial charge in [0.25, 0.3) is 0 Å². The van der Waals surface area contributed by atoms with Crippen molar-refractivity contribution in [2.75, 3.05) is 13.7 Å². The maximum Gasteiger partial charge on any atom is 0.245 e. The summed E-state index contributed by atoms with van der Waals surface area (Å²) in [5.74, 6) is 0.554. The molecule has 0 fully saturated rings. The summed E-state index contributed by atoms with van der Waals surface area (Å²) in [4.78, 5) is 10.9. The number of benzene rings is 1. The Labute approximate surface area is 109 Å². The molecule has 0 saturated carbocycles. The van der Waals surface area contributed by atoms with Crippen molar-refractivity contribution >= 4 is 27.6 Å². The fourth-order valence-corrected chi connectivity index (χ4v) is 1.71. The Morgan fingerprint density at radius 2 is 2.24 bits per heavy atom. The number of carbonyl (C=O) groups is 1. The SMILES string of the molecule is CCO/C(=C/C(N)=O)c1ccc(Br)c(OC)c1. The van der Waals surface area contributed by atoms with E-state index < -0.39 is 5.91 Å². The van der Waals surface area contributed by atoms with Gasteiger partial charge < -0.3 is 15.2 Å². The van der Waals surface area contributed by atoms with Crippen molar-refractivity contribution in [2.24, 2.45) is 5.73 Å². The van der Waals surface area contributed by atoms with E-state index in [0.717, 1.165) is 10.0 Å². The quantitative estimate of drug-likeness (QED) is 0.670. The first-order valence-electron chi connectivity index (χ1n) is 5.06. The molecule has 0 saturated heterocycles. The number of amides is 1. The average molecular weight is 300 g/mol. The van der Waals surface area contributed by atoms with Crippen LogP contribution in [0.15, 0.2) is 28.7 Å². The highest BCUT2D eigenvalue weighted by molar-refractivity contribution is 9.10. The third-order valence-electron chi connectivity index (χ3n) is 2.01. The van der Waals surface area contributed by atoms with Crippen molar-refractivity contribution in [3.63, 3.8) is 0 Å². The number of carbonyl (C=O) groups excluding carboxylic acids is 1. The van der Waals surface area contributed by atoms with Crippen LogP contribution in [0.4, 0.5) is 0 Å². The van der Waals surface area contributed by atoms with Gasteiger partial charge in [-0.25, -0.2) is 0 Å². The molecule has 92 valence electrons. The molecule has 1 aromatic rings. The van der Waals surface area contributed by atoms with Crippen LogP contribution in [-0.2, 0) is 9.53 Å². The van der Waals surface area contributed by atoms with Crippen LogP contribution in [0.25, 0.3) is 5.76 Å². The number of primary amides is 1. The zero-order chi connectivity index (χ0) is 12.8. The van der Waals surface area contributed by atoms with E-state index in [9.17, 15) is 4.79 Å². The predicted molar refractivity (Wildman–Crippen MR) is 69.5 cm³/mol. The summed E-state index contributed by atoms with van der Waals surface area (Å²) in [5, 5.41) is 0. The maximum atomic E-state index is 10.9. The number of ether oxygens (including phenoxy) is 2. The molecule has 0 heterocycles. The average Bonchev–Trinajstić information content (AvgIpc) is 2.28. The Hall–Kier alpha value is -1.49. The third-order valence-corrected chi connectivity index (χ3v) is 2.66. The number of hydrogen-bond acceptors (Lipinski definition) is 3. The smallest absolute Gasteiger partial charge is 0.245 e. The van der Waals surface area contributed by atoms with Crippen molar-refractivity contribution in [3.8, 4) is 5.75 Å². The van der Waals surface area contributed by atoms with Gasteiger partial charge in [0, 0.05) is 11.6 Å². The molecule has 0 bridgehead atoms. The number of methoxy groups -OCH3 is 1. The third kappa shape index (κ3) is 3.78. The van der Waals surface area contributed by atoms with E-state index in [1.807, 2.05) is 19.1 Å². The molecule has 0 aliphatic carbocycles. The second-order valence-corrected chi connectivity index (χ2v) is 4.05. The van der Waals surface area contributed by atoms with Gasteiger partial charge in [0.1, 0.15) is 11.5 Å². The number of hydrogen-bond donors (Lipinski definition) is 1. The standard InChI is InChI=1S/C12H14BrNO3/c1-3-17-10(7-12(14)15)8-4-5-9(13)11(6-8)16-2/h4-7H,3H2,1-2H3,(H2,14,15)/b10-7+. The van der Waals surface area contributed by atoms with Crippen LogP contribution in [0.5, 0.6) is 5.75 Å². The van der Waals surface area contributed by atoms with Gasteiger partial charge in [-0.3, -0.25) is 4.79 Å². The summed E-state index contributed by atoms with van der Waals surface area (Å²) in [5.41, 5.74) is 5.87. The lowest BCUT2D eigenvalue weighted by Gasteiger charge is -2.10. The van der Waals surface area contributed by atoms with E-state index in [4.69, 9.17) is 15.2 Å². The molecule has 0 aliphatic rings. The summed E-state index contributed by atoms with van der Waals surface area (Å²) < 4.78 is 11.4. The highest BCUT2D eigenvalue weighted by Gasteiger charge is 2.08. The van der Waals surface area contributed by atoms with Gasteiger partial charge in [-0.05, 0) is 41.1 Å². The summed E-state index contributed by atoms with van der Waals surface area (Å²) in [6, 6.07) is 5.41. The van der Waals surface area contributed by atoms with Crippen LogP contribution >= 0.6 is 15.9 Å². The molecule has 0 aromatic heterocycles. The lowest BCUT2D eigenvalue weighted by molar-refractivity contribution is -0.113. The lowest BCUT2D eigenvalue weighted by atomic mass is 10.1. The van der Waals surface area contributed by atoms with Gasteiger partial charge in [-0.15, -0.1) is 0 Å². The van der Waals surface area contributed by atoms with Crippen molar-refractivity contribution in [1.82, 2.24) is 0 Å². The van der Waals surface area contributed by atoms with Gasteiger partial charge in [-0.2, -0.15) is 0 Å². The molecule has 1 aromatic carbocycles. The molecular formula is C12H14BrNO3. The summed E-state index contributed by atoms with van der Waals surface area (Å²) >= 11 is 3.35. The zero-order valence-electron chi connectivity index (χ0n) is 9.70. The topological polar surface area (TPSA) is 61.5 Å². The Kier molecular flexibility index (Phi) is 5.03. The molecule has 17 heavy (non-hydrogen) atoms. The van der Waals surface area contributed by atoms with Crippen LogP contribution in [0, 0.1) is 0 Å². The van der Waals surface area contributed by atoms with Gasteiger partial charge in [0.2, 0.25) is 5.91 Å². The molecule has 1 rings (SSSR count). The minimum atomic E-state index is -0.546. The number of halogens is 1. The normalized spacial score (nSPS) is 11.1. The Morgan fingerprint density at radius 1 is 1.53 bits per heavy atom. The first-order valence-corrected chi connectivity index (χ1v) is 5.85. The Balaban J connectivity index is 3.14. The Morgan fingerprint density at radius 3 is 2.76 bits per heavy atom. The molecule has 1 amide bonds. The van der Waals surface area contributed by atoms with Crippen molar-refractivity contribution < 1.29 is 14.3 Å². The molecular weight excluding hydrogens is 286 g/mol. The minimum Gasteiger partial charge on any atom is -0.496 e. The molecule has 0 atom stereocenters. The van der Waals surface area contributed by atoms with E-state index in [1.54, 1.807) is 13.2 Å². The maximum absolute atomic E-state index is 10.9. The first kappa shape index (κ1) is 13.6. The largest absolute Gasteiger partial charge is 0.496 e. The van der Waals surface area contributed by atoms with Gasteiger partial charge >= 0.3 is 0 Å². The molecule has 2 N–H and O–H groups in total. The number of nitrogens with two attached hydrogens (primary N) is 1. The Bertz CT molecular complexity index is 443. The summed E-state index contributed by atoms with van der Waals surface area (Å²) in [7, 11) is 1.57. The van der Waals surface area contributed by atoms with Crippen molar-refractivity contribution in [1.29, 1.82) is 0 Å². The van der Waals surface area contributed by atoms with E-state index >= 15 is 0 Å². The monoisotopic (exact) mass is 299 g/mol. The summed E-state index contributed by atoms with van der Waals surface area (Å²) in [6.07, 6.45) is 1.26. The van der Waals surface area contributed by atoms with E-state index in [1.165, 1.54) is 6.08 Å². The fraction of sp³-hybridized carbons (Fsp3) is 0.250. The second-order valence-electron chi connectivity index (χ2n) is 3.19. The molecule has 4 nitrogen and oxygen atoms in total. The zero-order valence-corrected chi connectivity index (χ0v) is 11.3. The van der Waals surface area contributed by atoms with Crippen LogP contribution in [0.1, 0.15) is 12.5 Å². The molecule has 0 unspecified atom stereocenters. The fourth-order valence-electron chi connectivity index (χ4n) is 1.31. The van der Waals surface area contributed by atoms with E-state index in [0.29, 0.717) is 18.1 Å². The number of rotatable bonds is 5. The molecule has 0 radical (unpaired) electrons.